The molecule has 0 bridgehead atoms. The highest BCUT2D eigenvalue weighted by molar-refractivity contribution is 9.11. The van der Waals surface area contributed by atoms with Crippen molar-refractivity contribution in [2.75, 3.05) is 0 Å². The second kappa shape index (κ2) is 6.02. The average Bonchev–Trinajstić information content (AvgIpc) is 2.60. The molecule has 1 aliphatic heterocycles. The highest BCUT2D eigenvalue weighted by atomic mass is 79.9. The molecule has 0 spiro atoms. The van der Waals surface area contributed by atoms with Crippen LogP contribution in [0.4, 0.5) is 0 Å². The van der Waals surface area contributed by atoms with Crippen molar-refractivity contribution in [1.82, 2.24) is 4.72 Å². The van der Waals surface area contributed by atoms with Gasteiger partial charge in [-0.1, -0.05) is 42.3 Å². The minimum absolute atomic E-state index is 0.0909. The molecule has 6 nitrogen and oxygen atoms in total. The van der Waals surface area contributed by atoms with Crippen molar-refractivity contribution >= 4 is 42.1 Å². The van der Waals surface area contributed by atoms with Crippen molar-refractivity contribution in [3.63, 3.8) is 0 Å². The van der Waals surface area contributed by atoms with E-state index in [0.717, 1.165) is 6.08 Å². The number of rotatable bonds is 6. The van der Waals surface area contributed by atoms with Gasteiger partial charge in [-0.2, -0.15) is 0 Å². The molecule has 110 valence electrons. The van der Waals surface area contributed by atoms with Gasteiger partial charge in [0, 0.05) is 0 Å². The van der Waals surface area contributed by atoms with E-state index in [0.29, 0.717) is 12.7 Å². The van der Waals surface area contributed by atoms with Crippen molar-refractivity contribution in [1.29, 1.82) is 0 Å². The van der Waals surface area contributed by atoms with Crippen LogP contribution in [-0.4, -0.2) is 33.3 Å². The largest absolute Gasteiger partial charge is 0.302 e. The van der Waals surface area contributed by atoms with Crippen LogP contribution >= 0.6 is 15.9 Å². The zero-order valence-corrected chi connectivity index (χ0v) is 13.8. The number of hydrogen-bond donors (Lipinski definition) is 1. The van der Waals surface area contributed by atoms with Crippen LogP contribution in [0, 0.1) is 5.92 Å². The van der Waals surface area contributed by atoms with Gasteiger partial charge in [-0.25, -0.2) is 21.6 Å². The molecule has 1 heterocycles. The van der Waals surface area contributed by atoms with E-state index in [4.69, 9.17) is 0 Å². The summed E-state index contributed by atoms with van der Waals surface area (Å²) in [4.78, 5) is 10.9. The van der Waals surface area contributed by atoms with E-state index in [1.165, 1.54) is 0 Å². The first-order chi connectivity index (χ1) is 8.66. The van der Waals surface area contributed by atoms with Crippen molar-refractivity contribution in [2.45, 2.75) is 36.9 Å². The number of nitrogens with one attached hydrogen (secondary N) is 1. The summed E-state index contributed by atoms with van der Waals surface area (Å²) in [7, 11) is -8.10. The summed E-state index contributed by atoms with van der Waals surface area (Å²) in [6, 6.07) is -0.930. The smallest absolute Gasteiger partial charge is 0.251 e. The van der Waals surface area contributed by atoms with E-state index < -0.39 is 34.3 Å². The Balaban J connectivity index is 3.04. The molecule has 0 radical (unpaired) electrons. The van der Waals surface area contributed by atoms with Crippen LogP contribution < -0.4 is 4.72 Å². The molecule has 9 heteroatoms. The van der Waals surface area contributed by atoms with Gasteiger partial charge >= 0.3 is 0 Å². The Morgan fingerprint density at radius 1 is 1.58 bits per heavy atom. The summed E-state index contributed by atoms with van der Waals surface area (Å²) < 4.78 is 48.3. The van der Waals surface area contributed by atoms with Gasteiger partial charge in [-0.3, -0.25) is 0 Å². The van der Waals surface area contributed by atoms with E-state index in [2.05, 4.69) is 20.7 Å². The summed E-state index contributed by atoms with van der Waals surface area (Å²) >= 11 is 2.92. The van der Waals surface area contributed by atoms with Gasteiger partial charge in [-0.05, 0) is 12.3 Å². The molecule has 1 N–H and O–H groups in total. The molecule has 1 rings (SSSR count). The predicted octanol–water partition coefficient (Wildman–Crippen LogP) is 0.900. The minimum atomic E-state index is -4.21. The second-order valence-corrected chi connectivity index (χ2v) is 10.1. The lowest BCUT2D eigenvalue weighted by Gasteiger charge is -2.19. The molecule has 1 unspecified atom stereocenters. The number of carbonyl (C=O) groups is 1. The highest BCUT2D eigenvalue weighted by Gasteiger charge is 2.41. The van der Waals surface area contributed by atoms with Crippen LogP contribution in [0.25, 0.3) is 0 Å². The Labute approximate surface area is 121 Å². The first-order valence-electron chi connectivity index (χ1n) is 5.72. The third-order valence-electron chi connectivity index (χ3n) is 3.05. The molecule has 0 aromatic heterocycles. The number of sulfonamides is 1. The number of alkyl halides is 1. The Bertz CT molecular complexity index is 581. The number of halogens is 1. The topological polar surface area (TPSA) is 97.4 Å². The number of carbonyl (C=O) groups excluding carboxylic acids is 1. The number of hydrogen-bond acceptors (Lipinski definition) is 5. The zero-order valence-electron chi connectivity index (χ0n) is 10.5. The Kier molecular flexibility index (Phi) is 5.33. The van der Waals surface area contributed by atoms with Crippen LogP contribution in [-0.2, 0) is 24.7 Å². The average molecular weight is 374 g/mol. The Morgan fingerprint density at radius 2 is 2.16 bits per heavy atom. The van der Waals surface area contributed by atoms with Crippen molar-refractivity contribution < 1.29 is 21.6 Å². The third kappa shape index (κ3) is 3.45. The summed E-state index contributed by atoms with van der Waals surface area (Å²) in [6.07, 6.45) is 2.32. The van der Waals surface area contributed by atoms with Gasteiger partial charge in [0.15, 0.2) is 4.24 Å². The molecule has 0 amide bonds. The lowest BCUT2D eigenvalue weighted by Crippen LogP contribution is -2.41. The van der Waals surface area contributed by atoms with Gasteiger partial charge in [0.2, 0.25) is 9.84 Å². The molecular formula is C10H16BrNO5S2. The maximum atomic E-state index is 12.0. The molecule has 0 aromatic rings. The van der Waals surface area contributed by atoms with Crippen LogP contribution in [0.15, 0.2) is 10.3 Å². The molecule has 0 saturated carbocycles. The molecular weight excluding hydrogens is 358 g/mol. The molecule has 0 fully saturated rings. The summed E-state index contributed by atoms with van der Waals surface area (Å²) in [5, 5.41) is 0. The molecule has 0 saturated heterocycles. The molecule has 3 atom stereocenters. The van der Waals surface area contributed by atoms with Gasteiger partial charge in [0.1, 0.15) is 10.4 Å². The van der Waals surface area contributed by atoms with Crippen LogP contribution in [0.3, 0.4) is 0 Å². The molecule has 0 aliphatic carbocycles. The first-order valence-corrected chi connectivity index (χ1v) is 9.67. The molecule has 0 aromatic carbocycles. The second-order valence-electron chi connectivity index (χ2n) is 4.38. The van der Waals surface area contributed by atoms with Crippen molar-refractivity contribution in [2.24, 2.45) is 5.92 Å². The zero-order chi connectivity index (χ0) is 14.8. The third-order valence-corrected chi connectivity index (χ3v) is 9.12. The minimum Gasteiger partial charge on any atom is -0.302 e. The maximum absolute atomic E-state index is 12.0. The van der Waals surface area contributed by atoms with Crippen LogP contribution in [0.5, 0.6) is 0 Å². The van der Waals surface area contributed by atoms with E-state index in [-0.39, 0.29) is 12.3 Å². The summed E-state index contributed by atoms with van der Waals surface area (Å²) in [5.41, 5.74) is 0. The van der Waals surface area contributed by atoms with Crippen LogP contribution in [0.1, 0.15) is 26.7 Å². The quantitative estimate of drug-likeness (QED) is 0.550. The SMILES string of the molecule is CC[C@H](C)[C@@H](C=O)NS(=O)(=O)C1=CCC(Br)S1(=O)=O. The monoisotopic (exact) mass is 373 g/mol. The normalized spacial score (nSPS) is 25.6. The van der Waals surface area contributed by atoms with Gasteiger partial charge in [-0.15, -0.1) is 0 Å². The maximum Gasteiger partial charge on any atom is 0.251 e. The van der Waals surface area contributed by atoms with Gasteiger partial charge in [0.25, 0.3) is 10.0 Å². The highest BCUT2D eigenvalue weighted by Crippen LogP contribution is 2.32. The van der Waals surface area contributed by atoms with Gasteiger partial charge < -0.3 is 4.79 Å². The van der Waals surface area contributed by atoms with Crippen molar-refractivity contribution in [3.05, 3.63) is 10.3 Å². The number of sulfone groups is 1. The Morgan fingerprint density at radius 3 is 2.53 bits per heavy atom. The number of aldehydes is 1. The van der Waals surface area contributed by atoms with Crippen molar-refractivity contribution in [3.8, 4) is 0 Å². The molecule has 1 aliphatic rings. The lowest BCUT2D eigenvalue weighted by atomic mass is 10.0. The standard InChI is InChI=1S/C10H16BrNO5S2/c1-3-7(2)8(6-13)12-19(16,17)10-5-4-9(11)18(10,14)15/h5-9,12H,3-4H2,1-2H3/t7-,8+,9?/m0/s1. The Hall–Kier alpha value is -0.250. The summed E-state index contributed by atoms with van der Waals surface area (Å²) in [6.45, 7) is 3.53. The summed E-state index contributed by atoms with van der Waals surface area (Å²) in [5.74, 6) is -0.211. The fourth-order valence-electron chi connectivity index (χ4n) is 1.59. The fourth-order valence-corrected chi connectivity index (χ4v) is 6.48. The lowest BCUT2D eigenvalue weighted by molar-refractivity contribution is -0.110. The van der Waals surface area contributed by atoms with E-state index in [1.54, 1.807) is 6.92 Å². The predicted molar refractivity (Wildman–Crippen MR) is 75.7 cm³/mol. The van der Waals surface area contributed by atoms with Gasteiger partial charge in [0.05, 0.1) is 6.04 Å². The fraction of sp³-hybridized carbons (Fsp3) is 0.700. The van der Waals surface area contributed by atoms with E-state index >= 15 is 0 Å². The van der Waals surface area contributed by atoms with E-state index in [1.807, 2.05) is 6.92 Å². The number of allylic oxidation sites excluding steroid dienone is 1. The first kappa shape index (κ1) is 16.8. The van der Waals surface area contributed by atoms with Crippen LogP contribution in [0.2, 0.25) is 0 Å². The van der Waals surface area contributed by atoms with E-state index in [9.17, 15) is 21.6 Å². The molecule has 19 heavy (non-hydrogen) atoms.